The minimum absolute atomic E-state index is 0.0327. The van der Waals surface area contributed by atoms with Crippen LogP contribution in [0.5, 0.6) is 5.75 Å². The zero-order valence-corrected chi connectivity index (χ0v) is 5.06. The first-order valence-electron chi connectivity index (χ1n) is 2.20. The van der Waals surface area contributed by atoms with Gasteiger partial charge in [0.25, 0.3) is 0 Å². The molecular formula is C5H3ClFNO. The second kappa shape index (κ2) is 2.19. The van der Waals surface area contributed by atoms with Gasteiger partial charge in [0.15, 0.2) is 11.6 Å². The molecule has 48 valence electrons. The van der Waals surface area contributed by atoms with E-state index in [1.54, 1.807) is 0 Å². The second-order valence-corrected chi connectivity index (χ2v) is 1.85. The van der Waals surface area contributed by atoms with Crippen LogP contribution in [0.25, 0.3) is 0 Å². The molecule has 0 saturated heterocycles. The third-order valence-electron chi connectivity index (χ3n) is 0.801. The number of hydrogen-bond acceptors (Lipinski definition) is 2. The largest absolute Gasteiger partial charge is 0.504 e. The fourth-order valence-corrected chi connectivity index (χ4v) is 0.545. The monoisotopic (exact) mass is 147 g/mol. The third-order valence-corrected chi connectivity index (χ3v) is 1.01. The number of halogens is 2. The number of aromatic hydroxyl groups is 1. The van der Waals surface area contributed by atoms with Crippen LogP contribution in [0.15, 0.2) is 12.3 Å². The number of pyridine rings is 1. The SMILES string of the molecule is Oc1cnc(Cl)cc1F. The van der Waals surface area contributed by atoms with Gasteiger partial charge in [-0.05, 0) is 0 Å². The first kappa shape index (κ1) is 6.29. The highest BCUT2D eigenvalue weighted by molar-refractivity contribution is 6.29. The van der Waals surface area contributed by atoms with Crippen molar-refractivity contribution in [2.75, 3.05) is 0 Å². The van der Waals surface area contributed by atoms with E-state index < -0.39 is 11.6 Å². The van der Waals surface area contributed by atoms with Crippen LogP contribution < -0.4 is 0 Å². The van der Waals surface area contributed by atoms with Crippen LogP contribution in [-0.4, -0.2) is 10.1 Å². The van der Waals surface area contributed by atoms with Gasteiger partial charge in [-0.3, -0.25) is 0 Å². The molecule has 1 N–H and O–H groups in total. The van der Waals surface area contributed by atoms with Crippen molar-refractivity contribution < 1.29 is 9.50 Å². The third kappa shape index (κ3) is 1.29. The molecule has 0 aromatic carbocycles. The molecule has 9 heavy (non-hydrogen) atoms. The smallest absolute Gasteiger partial charge is 0.170 e. The van der Waals surface area contributed by atoms with Crippen molar-refractivity contribution >= 4 is 11.6 Å². The Labute approximate surface area is 55.9 Å². The molecule has 4 heteroatoms. The molecule has 0 radical (unpaired) electrons. The van der Waals surface area contributed by atoms with Crippen LogP contribution in [0.2, 0.25) is 5.15 Å². The van der Waals surface area contributed by atoms with Crippen molar-refractivity contribution in [1.29, 1.82) is 0 Å². The lowest BCUT2D eigenvalue weighted by atomic mass is 10.4. The van der Waals surface area contributed by atoms with Gasteiger partial charge in [-0.15, -0.1) is 0 Å². The van der Waals surface area contributed by atoms with Crippen molar-refractivity contribution in [3.05, 3.63) is 23.2 Å². The summed E-state index contributed by atoms with van der Waals surface area (Å²) in [6.07, 6.45) is 0.956. The van der Waals surface area contributed by atoms with Crippen molar-refractivity contribution in [3.63, 3.8) is 0 Å². The van der Waals surface area contributed by atoms with E-state index in [0.29, 0.717) is 0 Å². The molecule has 0 aliphatic carbocycles. The highest BCUT2D eigenvalue weighted by Crippen LogP contribution is 2.15. The predicted octanol–water partition coefficient (Wildman–Crippen LogP) is 1.58. The Morgan fingerprint density at radius 2 is 2.33 bits per heavy atom. The molecule has 1 aromatic rings. The summed E-state index contributed by atoms with van der Waals surface area (Å²) in [5, 5.41) is 8.58. The Hall–Kier alpha value is -0.830. The van der Waals surface area contributed by atoms with Crippen LogP contribution >= 0.6 is 11.6 Å². The van der Waals surface area contributed by atoms with E-state index >= 15 is 0 Å². The average molecular weight is 148 g/mol. The highest BCUT2D eigenvalue weighted by atomic mass is 35.5. The first-order valence-corrected chi connectivity index (χ1v) is 2.58. The summed E-state index contributed by atoms with van der Waals surface area (Å²) in [4.78, 5) is 3.41. The van der Waals surface area contributed by atoms with Crippen LogP contribution in [0.3, 0.4) is 0 Å². The summed E-state index contributed by atoms with van der Waals surface area (Å²) in [6, 6.07) is 0.941. The molecule has 0 saturated carbocycles. The highest BCUT2D eigenvalue weighted by Gasteiger charge is 1.98. The molecule has 0 aliphatic heterocycles. The van der Waals surface area contributed by atoms with Crippen LogP contribution in [0.4, 0.5) is 4.39 Å². The lowest BCUT2D eigenvalue weighted by Crippen LogP contribution is -1.78. The van der Waals surface area contributed by atoms with Gasteiger partial charge >= 0.3 is 0 Å². The van der Waals surface area contributed by atoms with E-state index in [4.69, 9.17) is 16.7 Å². The van der Waals surface area contributed by atoms with Gasteiger partial charge in [0.05, 0.1) is 6.20 Å². The summed E-state index contributed by atoms with van der Waals surface area (Å²) in [5.74, 6) is -1.24. The number of rotatable bonds is 0. The Balaban J connectivity index is 3.17. The zero-order valence-electron chi connectivity index (χ0n) is 4.31. The summed E-state index contributed by atoms with van der Waals surface area (Å²) >= 11 is 5.25. The standard InChI is InChI=1S/C5H3ClFNO/c6-5-1-3(7)4(9)2-8-5/h1-2,9H. The minimum Gasteiger partial charge on any atom is -0.504 e. The van der Waals surface area contributed by atoms with Gasteiger partial charge in [-0.2, -0.15) is 0 Å². The van der Waals surface area contributed by atoms with E-state index in [9.17, 15) is 4.39 Å². The first-order chi connectivity index (χ1) is 4.20. The molecule has 0 unspecified atom stereocenters. The van der Waals surface area contributed by atoms with Gasteiger partial charge in [-0.1, -0.05) is 11.6 Å². The molecule has 0 amide bonds. The van der Waals surface area contributed by atoms with Gasteiger partial charge in [0.1, 0.15) is 5.15 Å². The maximum atomic E-state index is 12.2. The van der Waals surface area contributed by atoms with Gasteiger partial charge < -0.3 is 5.11 Å². The maximum Gasteiger partial charge on any atom is 0.170 e. The minimum atomic E-state index is -0.755. The lowest BCUT2D eigenvalue weighted by Gasteiger charge is -1.91. The Bertz CT molecular complexity index is 228. The number of nitrogens with zero attached hydrogens (tertiary/aromatic N) is 1. The molecule has 1 rings (SSSR count). The average Bonchev–Trinajstić information content (AvgIpc) is 1.80. The van der Waals surface area contributed by atoms with Gasteiger partial charge in [0.2, 0.25) is 0 Å². The lowest BCUT2D eigenvalue weighted by molar-refractivity contribution is 0.429. The number of aromatic nitrogens is 1. The van der Waals surface area contributed by atoms with E-state index in [0.717, 1.165) is 12.3 Å². The molecule has 0 bridgehead atoms. The molecule has 2 nitrogen and oxygen atoms in total. The van der Waals surface area contributed by atoms with E-state index in [1.165, 1.54) is 0 Å². The van der Waals surface area contributed by atoms with Gasteiger partial charge in [0, 0.05) is 6.07 Å². The van der Waals surface area contributed by atoms with Crippen molar-refractivity contribution in [2.24, 2.45) is 0 Å². The van der Waals surface area contributed by atoms with Crippen LogP contribution in [-0.2, 0) is 0 Å². The van der Waals surface area contributed by atoms with E-state index in [2.05, 4.69) is 4.98 Å². The Morgan fingerprint density at radius 1 is 1.67 bits per heavy atom. The van der Waals surface area contributed by atoms with Crippen molar-refractivity contribution in [1.82, 2.24) is 4.98 Å². The zero-order chi connectivity index (χ0) is 6.85. The molecule has 0 spiro atoms. The summed E-state index contributed by atoms with van der Waals surface area (Å²) < 4.78 is 12.2. The molecule has 0 atom stereocenters. The summed E-state index contributed by atoms with van der Waals surface area (Å²) in [7, 11) is 0. The fraction of sp³-hybridized carbons (Fsp3) is 0. The molecule has 1 heterocycles. The fourth-order valence-electron chi connectivity index (χ4n) is 0.400. The van der Waals surface area contributed by atoms with E-state index in [-0.39, 0.29) is 5.15 Å². The van der Waals surface area contributed by atoms with Crippen molar-refractivity contribution in [3.8, 4) is 5.75 Å². The molecule has 0 fully saturated rings. The summed E-state index contributed by atoms with van der Waals surface area (Å²) in [6.45, 7) is 0. The normalized spacial score (nSPS) is 9.56. The van der Waals surface area contributed by atoms with Gasteiger partial charge in [-0.25, -0.2) is 9.37 Å². The van der Waals surface area contributed by atoms with Crippen LogP contribution in [0.1, 0.15) is 0 Å². The maximum absolute atomic E-state index is 12.2. The molecular weight excluding hydrogens is 145 g/mol. The Morgan fingerprint density at radius 3 is 2.78 bits per heavy atom. The van der Waals surface area contributed by atoms with Crippen molar-refractivity contribution in [2.45, 2.75) is 0 Å². The second-order valence-electron chi connectivity index (χ2n) is 1.46. The predicted molar refractivity (Wildman–Crippen MR) is 30.9 cm³/mol. The topological polar surface area (TPSA) is 33.1 Å². The summed E-state index contributed by atoms with van der Waals surface area (Å²) in [5.41, 5.74) is 0. The molecule has 1 aromatic heterocycles. The molecule has 0 aliphatic rings. The Kier molecular flexibility index (Phi) is 1.53. The number of hydrogen-bond donors (Lipinski definition) is 1. The van der Waals surface area contributed by atoms with E-state index in [1.807, 2.05) is 0 Å². The quantitative estimate of drug-likeness (QED) is 0.566. The van der Waals surface area contributed by atoms with Crippen LogP contribution in [0, 0.1) is 5.82 Å².